The molecule has 2 aliphatic rings. The Balaban J connectivity index is 1.94. The molecular formula is C17H18N2O9. The van der Waals surface area contributed by atoms with Gasteiger partial charge in [0.1, 0.15) is 35.8 Å². The first-order valence-corrected chi connectivity index (χ1v) is 8.39. The Morgan fingerprint density at radius 1 is 1.21 bits per heavy atom. The summed E-state index contributed by atoms with van der Waals surface area (Å²) in [6, 6.07) is 2.30. The van der Waals surface area contributed by atoms with Gasteiger partial charge in [-0.25, -0.2) is 0 Å². The van der Waals surface area contributed by atoms with E-state index in [1.165, 1.54) is 19.1 Å². The van der Waals surface area contributed by atoms with Crippen molar-refractivity contribution in [3.8, 4) is 0 Å². The molecule has 0 amide bonds. The zero-order chi connectivity index (χ0) is 20.7. The standard InChI is InChI=1S/C17H18N2O9/c1-6(18-12-16(24)14(22)9(5-20)28-17(12)25)10-13(21)7-3-2-4-8(19(26)27)11(7)15(10)23/h2-4,9-10,12,14,16-17,20,22,24-25H,5H2,1H3/t9-,10?,12-,14-,16-,17?/m1/s1. The molecule has 0 spiro atoms. The molecule has 0 bridgehead atoms. The molecule has 150 valence electrons. The van der Waals surface area contributed by atoms with Gasteiger partial charge in [-0.05, 0) is 6.92 Å². The molecule has 0 aromatic heterocycles. The fraction of sp³-hybridized carbons (Fsp3) is 0.471. The number of ether oxygens (including phenoxy) is 1. The van der Waals surface area contributed by atoms with Gasteiger partial charge < -0.3 is 25.2 Å². The van der Waals surface area contributed by atoms with E-state index >= 15 is 0 Å². The molecule has 1 aliphatic carbocycles. The van der Waals surface area contributed by atoms with Gasteiger partial charge in [0.25, 0.3) is 5.69 Å². The fourth-order valence-electron chi connectivity index (χ4n) is 3.49. The van der Waals surface area contributed by atoms with E-state index < -0.39 is 65.3 Å². The Morgan fingerprint density at radius 2 is 1.89 bits per heavy atom. The predicted molar refractivity (Wildman–Crippen MR) is 92.1 cm³/mol. The molecule has 2 unspecified atom stereocenters. The summed E-state index contributed by atoms with van der Waals surface area (Å²) in [5.74, 6) is -2.93. The van der Waals surface area contributed by atoms with Crippen LogP contribution in [0.5, 0.6) is 0 Å². The van der Waals surface area contributed by atoms with Crippen LogP contribution in [0, 0.1) is 16.0 Å². The number of Topliss-reactive ketones (excluding diaryl/α,β-unsaturated/α-hetero) is 2. The molecule has 11 heteroatoms. The van der Waals surface area contributed by atoms with Crippen molar-refractivity contribution in [2.45, 2.75) is 37.6 Å². The van der Waals surface area contributed by atoms with E-state index in [0.717, 1.165) is 6.07 Å². The first kappa shape index (κ1) is 20.2. The van der Waals surface area contributed by atoms with E-state index in [0.29, 0.717) is 0 Å². The van der Waals surface area contributed by atoms with Gasteiger partial charge in [0.15, 0.2) is 17.9 Å². The van der Waals surface area contributed by atoms with Crippen molar-refractivity contribution in [3.63, 3.8) is 0 Å². The van der Waals surface area contributed by atoms with Crippen LogP contribution < -0.4 is 0 Å². The molecular weight excluding hydrogens is 376 g/mol. The maximum absolute atomic E-state index is 12.7. The van der Waals surface area contributed by atoms with Gasteiger partial charge in [-0.2, -0.15) is 0 Å². The monoisotopic (exact) mass is 394 g/mol. The summed E-state index contributed by atoms with van der Waals surface area (Å²) in [7, 11) is 0. The van der Waals surface area contributed by atoms with Crippen LogP contribution in [-0.4, -0.2) is 79.9 Å². The summed E-state index contributed by atoms with van der Waals surface area (Å²) in [6.07, 6.45) is -6.10. The number of aliphatic imine (C=N–C) groups is 1. The van der Waals surface area contributed by atoms with Crippen LogP contribution in [-0.2, 0) is 4.74 Å². The number of nitro groups is 1. The highest BCUT2D eigenvalue weighted by atomic mass is 16.6. The first-order valence-electron chi connectivity index (χ1n) is 8.39. The van der Waals surface area contributed by atoms with Crippen LogP contribution in [0.2, 0.25) is 0 Å². The van der Waals surface area contributed by atoms with E-state index in [1.54, 1.807) is 0 Å². The molecule has 1 aromatic rings. The Bertz CT molecular complexity index is 868. The van der Waals surface area contributed by atoms with Crippen LogP contribution in [0.15, 0.2) is 23.2 Å². The molecule has 6 atom stereocenters. The van der Waals surface area contributed by atoms with Crippen LogP contribution >= 0.6 is 0 Å². The number of carbonyl (C=O) groups excluding carboxylic acids is 2. The number of aliphatic hydroxyl groups excluding tert-OH is 4. The lowest BCUT2D eigenvalue weighted by molar-refractivity contribution is -0.385. The minimum atomic E-state index is -1.70. The van der Waals surface area contributed by atoms with Crippen LogP contribution in [0.1, 0.15) is 27.6 Å². The molecule has 11 nitrogen and oxygen atoms in total. The largest absolute Gasteiger partial charge is 0.394 e. The van der Waals surface area contributed by atoms with E-state index in [9.17, 15) is 35.0 Å². The number of fused-ring (bicyclic) bond motifs is 1. The molecule has 1 heterocycles. The number of hydrogen-bond donors (Lipinski definition) is 4. The highest BCUT2D eigenvalue weighted by Gasteiger charge is 2.47. The third kappa shape index (κ3) is 3.12. The van der Waals surface area contributed by atoms with Crippen molar-refractivity contribution in [3.05, 3.63) is 39.4 Å². The van der Waals surface area contributed by atoms with Crippen molar-refractivity contribution in [2.75, 3.05) is 6.61 Å². The van der Waals surface area contributed by atoms with Gasteiger partial charge in [-0.1, -0.05) is 12.1 Å². The summed E-state index contributed by atoms with van der Waals surface area (Å²) in [5.41, 5.74) is -0.992. The summed E-state index contributed by atoms with van der Waals surface area (Å²) >= 11 is 0. The Kier molecular flexibility index (Phi) is 5.37. The molecule has 4 N–H and O–H groups in total. The fourth-order valence-corrected chi connectivity index (χ4v) is 3.49. The number of aliphatic hydroxyl groups is 4. The second kappa shape index (κ2) is 7.45. The van der Waals surface area contributed by atoms with Gasteiger partial charge >= 0.3 is 0 Å². The van der Waals surface area contributed by atoms with Crippen molar-refractivity contribution >= 4 is 23.0 Å². The predicted octanol–water partition coefficient (Wildman–Crippen LogP) is -1.15. The second-order valence-corrected chi connectivity index (χ2v) is 6.61. The van der Waals surface area contributed by atoms with Crippen molar-refractivity contribution in [1.29, 1.82) is 0 Å². The molecule has 1 saturated heterocycles. The zero-order valence-electron chi connectivity index (χ0n) is 14.6. The Labute approximate surface area is 158 Å². The smallest absolute Gasteiger partial charge is 0.280 e. The minimum absolute atomic E-state index is 0.0955. The van der Waals surface area contributed by atoms with Gasteiger partial charge in [0, 0.05) is 17.3 Å². The lowest BCUT2D eigenvalue weighted by Gasteiger charge is -2.38. The minimum Gasteiger partial charge on any atom is -0.394 e. The third-order valence-corrected chi connectivity index (χ3v) is 4.91. The molecule has 28 heavy (non-hydrogen) atoms. The van der Waals surface area contributed by atoms with Crippen LogP contribution in [0.3, 0.4) is 0 Å². The maximum atomic E-state index is 12.7. The Morgan fingerprint density at radius 3 is 2.50 bits per heavy atom. The summed E-state index contributed by atoms with van der Waals surface area (Å²) in [4.78, 5) is 39.7. The maximum Gasteiger partial charge on any atom is 0.280 e. The van der Waals surface area contributed by atoms with E-state index in [2.05, 4.69) is 4.99 Å². The molecule has 3 rings (SSSR count). The average Bonchev–Trinajstić information content (AvgIpc) is 2.92. The topological polar surface area (TPSA) is 180 Å². The highest BCUT2D eigenvalue weighted by molar-refractivity contribution is 6.37. The first-order chi connectivity index (χ1) is 13.2. The van der Waals surface area contributed by atoms with Gasteiger partial charge in [0.05, 0.1) is 11.5 Å². The number of hydrogen-bond acceptors (Lipinski definition) is 10. The van der Waals surface area contributed by atoms with E-state index in [-0.39, 0.29) is 16.8 Å². The lowest BCUT2D eigenvalue weighted by atomic mass is 9.95. The normalized spacial score (nSPS) is 33.1. The number of nitro benzene ring substituents is 1. The quantitative estimate of drug-likeness (QED) is 0.212. The summed E-state index contributed by atoms with van der Waals surface area (Å²) < 4.78 is 4.99. The number of carbonyl (C=O) groups is 2. The van der Waals surface area contributed by atoms with Gasteiger partial charge in [0.2, 0.25) is 0 Å². The zero-order valence-corrected chi connectivity index (χ0v) is 14.6. The molecule has 1 fully saturated rings. The number of ketones is 2. The second-order valence-electron chi connectivity index (χ2n) is 6.61. The van der Waals surface area contributed by atoms with Crippen molar-refractivity contribution in [1.82, 2.24) is 0 Å². The average molecular weight is 394 g/mol. The number of benzene rings is 1. The number of rotatable bonds is 4. The van der Waals surface area contributed by atoms with Gasteiger partial charge in [-0.3, -0.25) is 24.7 Å². The molecule has 1 aliphatic heterocycles. The number of nitrogens with zero attached hydrogens (tertiary/aromatic N) is 2. The van der Waals surface area contributed by atoms with Gasteiger partial charge in [-0.15, -0.1) is 0 Å². The molecule has 0 radical (unpaired) electrons. The van der Waals surface area contributed by atoms with Crippen molar-refractivity contribution in [2.24, 2.45) is 10.9 Å². The molecule has 0 saturated carbocycles. The van der Waals surface area contributed by atoms with Crippen LogP contribution in [0.25, 0.3) is 0 Å². The highest BCUT2D eigenvalue weighted by Crippen LogP contribution is 2.34. The van der Waals surface area contributed by atoms with E-state index in [1.807, 2.05) is 0 Å². The van der Waals surface area contributed by atoms with Crippen LogP contribution in [0.4, 0.5) is 5.69 Å². The van der Waals surface area contributed by atoms with Crippen molar-refractivity contribution < 1.29 is 39.7 Å². The van der Waals surface area contributed by atoms with E-state index in [4.69, 9.17) is 9.84 Å². The summed E-state index contributed by atoms with van der Waals surface area (Å²) in [5, 5.41) is 50.3. The molecule has 1 aromatic carbocycles. The Hall–Kier alpha value is -2.57. The summed E-state index contributed by atoms with van der Waals surface area (Å²) in [6.45, 7) is 0.658. The third-order valence-electron chi connectivity index (χ3n) is 4.91. The SMILES string of the molecule is CC(=N[C@H]1C(O)O[C@H](CO)[C@@H](O)[C@@H]1O)C1C(=O)c2cccc([N+](=O)[O-])c2C1=O. The lowest BCUT2D eigenvalue weighted by Crippen LogP contribution is -2.58.